The molecule has 1 unspecified atom stereocenters. The van der Waals surface area contributed by atoms with Crippen molar-refractivity contribution in [3.8, 4) is 0 Å². The number of nitrogens with one attached hydrogen (secondary N) is 2. The first-order valence-electron chi connectivity index (χ1n) is 6.18. The minimum atomic E-state index is -3.56. The third-order valence-electron chi connectivity index (χ3n) is 2.46. The molecule has 0 aliphatic carbocycles. The Labute approximate surface area is 118 Å². The van der Waals surface area contributed by atoms with E-state index in [2.05, 4.69) is 10.0 Å². The van der Waals surface area contributed by atoms with Gasteiger partial charge in [0.05, 0.1) is 12.3 Å². The van der Waals surface area contributed by atoms with Crippen LogP contribution in [0.1, 0.15) is 20.3 Å². The molecule has 118 valence electrons. The first kappa shape index (κ1) is 18.8. The molecule has 8 nitrogen and oxygen atoms in total. The van der Waals surface area contributed by atoms with Gasteiger partial charge in [0, 0.05) is 13.7 Å². The summed E-state index contributed by atoms with van der Waals surface area (Å²) < 4.78 is 29.8. The highest BCUT2D eigenvalue weighted by Crippen LogP contribution is 2.01. The first-order valence-corrected chi connectivity index (χ1v) is 7.83. The van der Waals surface area contributed by atoms with Crippen molar-refractivity contribution < 1.29 is 27.9 Å². The molecule has 0 rings (SSSR count). The Hall–Kier alpha value is -1.19. The van der Waals surface area contributed by atoms with Crippen LogP contribution < -0.4 is 10.0 Å². The maximum atomic E-state index is 11.5. The second-order valence-electron chi connectivity index (χ2n) is 4.61. The van der Waals surface area contributed by atoms with Crippen LogP contribution in [0.3, 0.4) is 0 Å². The Morgan fingerprint density at radius 2 is 1.90 bits per heavy atom. The molecule has 0 bridgehead atoms. The van der Waals surface area contributed by atoms with Crippen molar-refractivity contribution in [3.63, 3.8) is 0 Å². The number of hydrogen-bond donors (Lipinski definition) is 3. The molecular weight excluding hydrogens is 288 g/mol. The van der Waals surface area contributed by atoms with Gasteiger partial charge in [0.15, 0.2) is 0 Å². The van der Waals surface area contributed by atoms with E-state index in [1.54, 1.807) is 13.8 Å². The van der Waals surface area contributed by atoms with E-state index in [9.17, 15) is 18.0 Å². The molecule has 0 spiro atoms. The van der Waals surface area contributed by atoms with E-state index in [1.807, 2.05) is 0 Å². The minimum Gasteiger partial charge on any atom is -0.480 e. The number of rotatable bonds is 10. The van der Waals surface area contributed by atoms with E-state index in [0.29, 0.717) is 13.0 Å². The van der Waals surface area contributed by atoms with Crippen LogP contribution in [0.5, 0.6) is 0 Å². The summed E-state index contributed by atoms with van der Waals surface area (Å²) in [5.74, 6) is -2.28. The predicted octanol–water partition coefficient (Wildman–Crippen LogP) is -0.832. The van der Waals surface area contributed by atoms with Gasteiger partial charge in [-0.25, -0.2) is 17.9 Å². The van der Waals surface area contributed by atoms with E-state index in [0.717, 1.165) is 0 Å². The summed E-state index contributed by atoms with van der Waals surface area (Å²) in [4.78, 5) is 22.4. The summed E-state index contributed by atoms with van der Waals surface area (Å²) in [6, 6.07) is -1.04. The minimum absolute atomic E-state index is 0.152. The lowest BCUT2D eigenvalue weighted by Crippen LogP contribution is -2.48. The van der Waals surface area contributed by atoms with E-state index in [1.165, 1.54) is 7.11 Å². The van der Waals surface area contributed by atoms with Gasteiger partial charge >= 0.3 is 5.97 Å². The summed E-state index contributed by atoms with van der Waals surface area (Å²) in [6.45, 7) is 3.12. The van der Waals surface area contributed by atoms with Gasteiger partial charge in [-0.3, -0.25) is 4.79 Å². The average Bonchev–Trinajstić information content (AvgIpc) is 2.33. The number of ether oxygens (including phenoxy) is 1. The molecule has 0 aromatic carbocycles. The van der Waals surface area contributed by atoms with Crippen molar-refractivity contribution in [2.75, 3.05) is 26.0 Å². The zero-order chi connectivity index (χ0) is 15.8. The number of amides is 1. The summed E-state index contributed by atoms with van der Waals surface area (Å²) in [5, 5.41) is 11.2. The first-order chi connectivity index (χ1) is 9.19. The number of hydrogen-bond acceptors (Lipinski definition) is 5. The van der Waals surface area contributed by atoms with Crippen LogP contribution in [-0.2, 0) is 24.3 Å². The molecule has 0 saturated carbocycles. The third kappa shape index (κ3) is 8.08. The SMILES string of the molecule is COCCCS(=O)(=O)NCC(=O)NC(C(=O)O)C(C)C. The molecular formula is C11H22N2O6S. The van der Waals surface area contributed by atoms with Crippen LogP contribution in [0.25, 0.3) is 0 Å². The average molecular weight is 310 g/mol. The molecule has 0 aromatic rings. The highest BCUT2D eigenvalue weighted by atomic mass is 32.2. The van der Waals surface area contributed by atoms with Crippen molar-refractivity contribution in [2.45, 2.75) is 26.3 Å². The topological polar surface area (TPSA) is 122 Å². The standard InChI is InChI=1S/C11H22N2O6S/c1-8(2)10(11(15)16)13-9(14)7-12-20(17,18)6-4-5-19-3/h8,10,12H,4-7H2,1-3H3,(H,13,14)(H,15,16). The van der Waals surface area contributed by atoms with E-state index >= 15 is 0 Å². The molecule has 9 heteroatoms. The smallest absolute Gasteiger partial charge is 0.326 e. The van der Waals surface area contributed by atoms with E-state index in [-0.39, 0.29) is 11.7 Å². The van der Waals surface area contributed by atoms with Gasteiger partial charge in [0.2, 0.25) is 15.9 Å². The van der Waals surface area contributed by atoms with Crippen molar-refractivity contribution in [1.82, 2.24) is 10.0 Å². The third-order valence-corrected chi connectivity index (χ3v) is 3.87. The molecule has 1 atom stereocenters. The number of carbonyl (C=O) groups is 2. The second kappa shape index (κ2) is 8.88. The van der Waals surface area contributed by atoms with Gasteiger partial charge in [-0.05, 0) is 12.3 Å². The highest BCUT2D eigenvalue weighted by molar-refractivity contribution is 7.89. The van der Waals surface area contributed by atoms with Gasteiger partial charge in [-0.15, -0.1) is 0 Å². The number of methoxy groups -OCH3 is 1. The Morgan fingerprint density at radius 3 is 2.35 bits per heavy atom. The molecule has 3 N–H and O–H groups in total. The maximum Gasteiger partial charge on any atom is 0.326 e. The summed E-state index contributed by atoms with van der Waals surface area (Å²) in [7, 11) is -2.10. The van der Waals surface area contributed by atoms with Crippen LogP contribution in [-0.4, -0.2) is 57.5 Å². The Kier molecular flexibility index (Phi) is 8.35. The molecule has 0 aromatic heterocycles. The zero-order valence-electron chi connectivity index (χ0n) is 11.9. The number of carbonyl (C=O) groups excluding carboxylic acids is 1. The van der Waals surface area contributed by atoms with Crippen LogP contribution >= 0.6 is 0 Å². The fraction of sp³-hybridized carbons (Fsp3) is 0.818. The summed E-state index contributed by atoms with van der Waals surface area (Å²) >= 11 is 0. The number of carboxylic acids is 1. The van der Waals surface area contributed by atoms with Gasteiger partial charge in [-0.1, -0.05) is 13.8 Å². The normalized spacial score (nSPS) is 13.2. The van der Waals surface area contributed by atoms with Gasteiger partial charge < -0.3 is 15.2 Å². The fourth-order valence-corrected chi connectivity index (χ4v) is 2.37. The molecule has 0 heterocycles. The highest BCUT2D eigenvalue weighted by Gasteiger charge is 2.23. The molecule has 0 aliphatic heterocycles. The molecule has 1 amide bonds. The quantitative estimate of drug-likeness (QED) is 0.453. The summed E-state index contributed by atoms with van der Waals surface area (Å²) in [5.41, 5.74) is 0. The zero-order valence-corrected chi connectivity index (χ0v) is 12.7. The molecule has 0 saturated heterocycles. The maximum absolute atomic E-state index is 11.5. The monoisotopic (exact) mass is 310 g/mol. The van der Waals surface area contributed by atoms with Crippen molar-refractivity contribution >= 4 is 21.9 Å². The lowest BCUT2D eigenvalue weighted by molar-refractivity contribution is -0.142. The fourth-order valence-electron chi connectivity index (χ4n) is 1.38. The van der Waals surface area contributed by atoms with Crippen molar-refractivity contribution in [3.05, 3.63) is 0 Å². The molecule has 20 heavy (non-hydrogen) atoms. The number of sulfonamides is 1. The van der Waals surface area contributed by atoms with Gasteiger partial charge in [-0.2, -0.15) is 0 Å². The van der Waals surface area contributed by atoms with E-state index < -0.39 is 34.5 Å². The second-order valence-corrected chi connectivity index (χ2v) is 6.54. The Bertz CT molecular complexity index is 421. The van der Waals surface area contributed by atoms with Crippen molar-refractivity contribution in [1.29, 1.82) is 0 Å². The lowest BCUT2D eigenvalue weighted by atomic mass is 10.1. The molecule has 0 aliphatic rings. The summed E-state index contributed by atoms with van der Waals surface area (Å²) in [6.07, 6.45) is 0.317. The van der Waals surface area contributed by atoms with E-state index in [4.69, 9.17) is 9.84 Å². The Morgan fingerprint density at radius 1 is 1.30 bits per heavy atom. The number of aliphatic carboxylic acids is 1. The molecule has 0 radical (unpaired) electrons. The lowest BCUT2D eigenvalue weighted by Gasteiger charge is -2.18. The Balaban J connectivity index is 4.24. The van der Waals surface area contributed by atoms with Crippen LogP contribution in [0.15, 0.2) is 0 Å². The van der Waals surface area contributed by atoms with Crippen molar-refractivity contribution in [2.24, 2.45) is 5.92 Å². The predicted molar refractivity (Wildman–Crippen MR) is 72.7 cm³/mol. The largest absolute Gasteiger partial charge is 0.480 e. The van der Waals surface area contributed by atoms with Gasteiger partial charge in [0.25, 0.3) is 0 Å². The van der Waals surface area contributed by atoms with Crippen LogP contribution in [0.4, 0.5) is 0 Å². The molecule has 0 fully saturated rings. The van der Waals surface area contributed by atoms with Crippen LogP contribution in [0, 0.1) is 5.92 Å². The van der Waals surface area contributed by atoms with Crippen LogP contribution in [0.2, 0.25) is 0 Å². The van der Waals surface area contributed by atoms with Gasteiger partial charge in [0.1, 0.15) is 6.04 Å². The number of carboxylic acid groups (broad SMARTS) is 1.